The highest BCUT2D eigenvalue weighted by Crippen LogP contribution is 2.24. The number of allylic oxidation sites excluding steroid dienone is 2. The monoisotopic (exact) mass is 454 g/mol. The first-order valence-corrected chi connectivity index (χ1v) is 10.5. The largest absolute Gasteiger partial charge is 0.467 e. The number of methoxy groups -OCH3 is 1. The van der Waals surface area contributed by atoms with Gasteiger partial charge in [0.05, 0.1) is 25.1 Å². The van der Waals surface area contributed by atoms with Gasteiger partial charge in [-0.25, -0.2) is 22.7 Å². The molecule has 1 fully saturated rings. The maximum Gasteiger partial charge on any atom is 0.410 e. The van der Waals surface area contributed by atoms with E-state index in [1.807, 2.05) is 4.72 Å². The zero-order valence-electron chi connectivity index (χ0n) is 16.0. The summed E-state index contributed by atoms with van der Waals surface area (Å²) in [6.45, 7) is 2.05. The lowest BCUT2D eigenvalue weighted by atomic mass is 10.0. The van der Waals surface area contributed by atoms with Gasteiger partial charge in [0.1, 0.15) is 12.4 Å². The van der Waals surface area contributed by atoms with Gasteiger partial charge in [-0.05, 0) is 13.0 Å². The lowest BCUT2D eigenvalue weighted by Crippen LogP contribution is -2.38. The summed E-state index contributed by atoms with van der Waals surface area (Å²) in [5, 5.41) is 2.22. The lowest BCUT2D eigenvalue weighted by molar-refractivity contribution is 0.160. The topological polar surface area (TPSA) is 153 Å². The zero-order valence-corrected chi connectivity index (χ0v) is 17.7. The molecular formula is C16H18N6O6S2. The number of aromatic nitrogens is 3. The Hall–Kier alpha value is -3.13. The number of urea groups is 1. The van der Waals surface area contributed by atoms with Crippen molar-refractivity contribution in [3.63, 3.8) is 0 Å². The number of rotatable bonds is 6. The molecule has 3 rings (SSSR count). The van der Waals surface area contributed by atoms with Crippen molar-refractivity contribution in [2.75, 3.05) is 32.1 Å². The van der Waals surface area contributed by atoms with E-state index in [0.717, 1.165) is 0 Å². The summed E-state index contributed by atoms with van der Waals surface area (Å²) >= 11 is 5.29. The average Bonchev–Trinajstić information content (AvgIpc) is 3.06. The van der Waals surface area contributed by atoms with Crippen molar-refractivity contribution in [1.29, 1.82) is 0 Å². The molecule has 0 bridgehead atoms. The van der Waals surface area contributed by atoms with Gasteiger partial charge in [-0.1, -0.05) is 18.3 Å². The van der Waals surface area contributed by atoms with Crippen LogP contribution in [-0.2, 0) is 14.8 Å². The first-order valence-electron chi connectivity index (χ1n) is 8.64. The number of hydrogen-bond donors (Lipinski definition) is 2. The van der Waals surface area contributed by atoms with Crippen molar-refractivity contribution >= 4 is 45.2 Å². The number of thiocarbonyl (C=S) groups is 1. The number of cyclic esters (lactones) is 1. The third kappa shape index (κ3) is 4.88. The number of sulfonamides is 1. The molecule has 1 aromatic rings. The van der Waals surface area contributed by atoms with Gasteiger partial charge in [-0.3, -0.25) is 5.32 Å². The highest BCUT2D eigenvalue weighted by Gasteiger charge is 2.30. The summed E-state index contributed by atoms with van der Waals surface area (Å²) in [7, 11) is -2.97. The maximum absolute atomic E-state index is 12.8. The summed E-state index contributed by atoms with van der Waals surface area (Å²) in [5.41, 5.74) is 0.254. The lowest BCUT2D eigenvalue weighted by Gasteiger charge is -2.21. The molecule has 30 heavy (non-hydrogen) atoms. The SMILES string of the molecule is COc1nc(C)nc(NC(=O)NS(=O)(=O)C2=C(CN3CCOC3=O)C(=S)CC=C2)n1. The van der Waals surface area contributed by atoms with E-state index in [1.54, 1.807) is 13.0 Å². The quantitative estimate of drug-likeness (QED) is 0.587. The summed E-state index contributed by atoms with van der Waals surface area (Å²) in [4.78, 5) is 37.1. The number of amides is 3. The Morgan fingerprint density at radius 3 is 2.80 bits per heavy atom. The van der Waals surface area contributed by atoms with Crippen LogP contribution in [0.2, 0.25) is 0 Å². The van der Waals surface area contributed by atoms with Crippen LogP contribution in [0.3, 0.4) is 0 Å². The predicted molar refractivity (Wildman–Crippen MR) is 108 cm³/mol. The smallest absolute Gasteiger partial charge is 0.410 e. The van der Waals surface area contributed by atoms with Crippen molar-refractivity contribution < 1.29 is 27.5 Å². The molecule has 12 nitrogen and oxygen atoms in total. The Morgan fingerprint density at radius 1 is 1.37 bits per heavy atom. The molecule has 1 aliphatic heterocycles. The van der Waals surface area contributed by atoms with E-state index >= 15 is 0 Å². The standard InChI is InChI=1S/C16H18N6O6S2/c1-9-17-13(20-15(18-9)27-2)19-14(23)21-30(25,26)12-5-3-4-11(29)10(12)8-22-6-7-28-16(22)24/h3,5H,4,6-8H2,1-2H3,(H2,17,18,19,20,21,23). The minimum Gasteiger partial charge on any atom is -0.467 e. The Morgan fingerprint density at radius 2 is 2.13 bits per heavy atom. The fourth-order valence-corrected chi connectivity index (χ4v) is 4.25. The predicted octanol–water partition coefficient (Wildman–Crippen LogP) is 0.676. The number of aryl methyl sites for hydroxylation is 1. The van der Waals surface area contributed by atoms with E-state index in [4.69, 9.17) is 21.7 Å². The molecule has 2 heterocycles. The molecule has 0 spiro atoms. The number of carbonyl (C=O) groups excluding carboxylic acids is 2. The number of ether oxygens (including phenoxy) is 2. The van der Waals surface area contributed by atoms with Crippen molar-refractivity contribution in [2.45, 2.75) is 13.3 Å². The average molecular weight is 454 g/mol. The summed E-state index contributed by atoms with van der Waals surface area (Å²) < 4.78 is 37.3. The van der Waals surface area contributed by atoms with Crippen molar-refractivity contribution in [3.8, 4) is 6.01 Å². The minimum absolute atomic E-state index is 0.0380. The van der Waals surface area contributed by atoms with E-state index in [9.17, 15) is 18.0 Å². The van der Waals surface area contributed by atoms with Gasteiger partial charge in [-0.15, -0.1) is 0 Å². The van der Waals surface area contributed by atoms with E-state index in [2.05, 4.69) is 20.3 Å². The van der Waals surface area contributed by atoms with E-state index in [-0.39, 0.29) is 41.4 Å². The van der Waals surface area contributed by atoms with Crippen molar-refractivity contribution in [2.24, 2.45) is 0 Å². The van der Waals surface area contributed by atoms with Gasteiger partial charge in [-0.2, -0.15) is 15.0 Å². The van der Waals surface area contributed by atoms with Gasteiger partial charge >= 0.3 is 18.1 Å². The number of carbonyl (C=O) groups is 2. The summed E-state index contributed by atoms with van der Waals surface area (Å²) in [6, 6.07) is -1.12. The maximum atomic E-state index is 12.8. The first kappa shape index (κ1) is 21.6. The van der Waals surface area contributed by atoms with Crippen LogP contribution in [0.4, 0.5) is 15.5 Å². The summed E-state index contributed by atoms with van der Waals surface area (Å²) in [6.07, 6.45) is 2.71. The minimum atomic E-state index is -4.31. The fourth-order valence-electron chi connectivity index (χ4n) is 2.72. The van der Waals surface area contributed by atoms with Crippen LogP contribution in [0, 0.1) is 6.92 Å². The summed E-state index contributed by atoms with van der Waals surface area (Å²) in [5.74, 6) is 0.0823. The molecular weight excluding hydrogens is 436 g/mol. The highest BCUT2D eigenvalue weighted by atomic mass is 32.2. The second kappa shape index (κ2) is 8.71. The molecule has 1 aliphatic carbocycles. The molecule has 0 atom stereocenters. The van der Waals surface area contributed by atoms with Crippen LogP contribution >= 0.6 is 12.2 Å². The molecule has 1 saturated heterocycles. The van der Waals surface area contributed by atoms with Crippen molar-refractivity contribution in [3.05, 3.63) is 28.5 Å². The fraction of sp³-hybridized carbons (Fsp3) is 0.375. The Kier molecular flexibility index (Phi) is 6.26. The van der Waals surface area contributed by atoms with Crippen LogP contribution in [0.15, 0.2) is 22.6 Å². The molecule has 0 unspecified atom stereocenters. The molecule has 2 N–H and O–H groups in total. The Bertz CT molecular complexity index is 1070. The molecule has 2 aliphatic rings. The Labute approximate surface area is 177 Å². The van der Waals surface area contributed by atoms with E-state index in [0.29, 0.717) is 17.8 Å². The van der Waals surface area contributed by atoms with E-state index in [1.165, 1.54) is 18.1 Å². The van der Waals surface area contributed by atoms with E-state index < -0.39 is 22.1 Å². The van der Waals surface area contributed by atoms with Gasteiger partial charge in [0.15, 0.2) is 0 Å². The van der Waals surface area contributed by atoms with Gasteiger partial charge in [0.2, 0.25) is 5.95 Å². The van der Waals surface area contributed by atoms with Gasteiger partial charge < -0.3 is 14.4 Å². The normalized spacial score (nSPS) is 16.5. The molecule has 3 amide bonds. The van der Waals surface area contributed by atoms with Crippen LogP contribution in [0.1, 0.15) is 12.2 Å². The third-order valence-electron chi connectivity index (χ3n) is 4.05. The van der Waals surface area contributed by atoms with Crippen molar-refractivity contribution in [1.82, 2.24) is 24.6 Å². The third-order valence-corrected chi connectivity index (χ3v) is 5.88. The molecule has 1 aromatic heterocycles. The van der Waals surface area contributed by atoms with Crippen LogP contribution in [0.25, 0.3) is 0 Å². The van der Waals surface area contributed by atoms with Crippen LogP contribution < -0.4 is 14.8 Å². The number of nitrogens with zero attached hydrogens (tertiary/aromatic N) is 4. The van der Waals surface area contributed by atoms with Crippen LogP contribution in [-0.4, -0.2) is 72.1 Å². The van der Waals surface area contributed by atoms with Gasteiger partial charge in [0, 0.05) is 16.9 Å². The number of hydrogen-bond acceptors (Lipinski definition) is 10. The number of nitrogens with one attached hydrogen (secondary N) is 2. The second-order valence-electron chi connectivity index (χ2n) is 6.16. The number of anilines is 1. The van der Waals surface area contributed by atoms with Crippen LogP contribution in [0.5, 0.6) is 6.01 Å². The molecule has 14 heteroatoms. The zero-order chi connectivity index (χ0) is 21.9. The molecule has 160 valence electrons. The highest BCUT2D eigenvalue weighted by molar-refractivity contribution is 7.94. The molecule has 0 radical (unpaired) electrons. The second-order valence-corrected chi connectivity index (χ2v) is 8.30. The molecule has 0 aromatic carbocycles. The first-order chi connectivity index (χ1) is 14.2. The Balaban J connectivity index is 1.81. The molecule has 0 saturated carbocycles. The van der Waals surface area contributed by atoms with Gasteiger partial charge in [0.25, 0.3) is 10.0 Å².